The Balaban J connectivity index is 1.64. The highest BCUT2D eigenvalue weighted by Crippen LogP contribution is 2.33. The first kappa shape index (κ1) is 20.8. The van der Waals surface area contributed by atoms with Crippen molar-refractivity contribution >= 4 is 34.9 Å². The normalized spacial score (nSPS) is 16.1. The number of fused-ring (bicyclic) bond motifs is 1. The van der Waals surface area contributed by atoms with Gasteiger partial charge in [-0.1, -0.05) is 35.3 Å². The van der Waals surface area contributed by atoms with Crippen molar-refractivity contribution in [2.24, 2.45) is 0 Å². The Morgan fingerprint density at radius 3 is 2.77 bits per heavy atom. The lowest BCUT2D eigenvalue weighted by Gasteiger charge is -2.34. The van der Waals surface area contributed by atoms with Gasteiger partial charge in [-0.3, -0.25) is 4.79 Å². The van der Waals surface area contributed by atoms with Crippen molar-refractivity contribution in [3.63, 3.8) is 0 Å². The van der Waals surface area contributed by atoms with Crippen LogP contribution < -0.4 is 5.32 Å². The average molecular weight is 443 g/mol. The molecule has 1 aromatic carbocycles. The van der Waals surface area contributed by atoms with Crippen molar-refractivity contribution in [2.45, 2.75) is 45.9 Å². The lowest BCUT2D eigenvalue weighted by Crippen LogP contribution is -2.45. The number of hydrogen-bond acceptors (Lipinski definition) is 3. The average Bonchev–Trinajstić information content (AvgIpc) is 3.10. The molecule has 0 saturated heterocycles. The predicted molar refractivity (Wildman–Crippen MR) is 122 cm³/mol. The summed E-state index contributed by atoms with van der Waals surface area (Å²) >= 11 is 12.6. The monoisotopic (exact) mass is 442 g/mol. The number of amides is 1. The molecule has 5 nitrogen and oxygen atoms in total. The van der Waals surface area contributed by atoms with Crippen LogP contribution in [0.3, 0.4) is 0 Å². The van der Waals surface area contributed by atoms with Crippen LogP contribution in [-0.4, -0.2) is 32.4 Å². The topological polar surface area (TPSA) is 50.2 Å². The zero-order valence-electron chi connectivity index (χ0n) is 17.2. The number of halogens is 2. The zero-order valence-corrected chi connectivity index (χ0v) is 18.7. The van der Waals surface area contributed by atoms with E-state index in [2.05, 4.69) is 31.1 Å². The molecule has 4 rings (SSSR count). The van der Waals surface area contributed by atoms with Crippen LogP contribution in [0, 0.1) is 0 Å². The maximum absolute atomic E-state index is 13.3. The number of carbonyl (C=O) groups is 1. The first-order valence-corrected chi connectivity index (χ1v) is 10.8. The highest BCUT2D eigenvalue weighted by atomic mass is 35.5. The zero-order chi connectivity index (χ0) is 21.4. The molecule has 0 saturated carbocycles. The maximum atomic E-state index is 13.3. The van der Waals surface area contributed by atoms with E-state index in [1.807, 2.05) is 52.1 Å². The Hall–Kier alpha value is -2.50. The van der Waals surface area contributed by atoms with E-state index in [1.165, 1.54) is 0 Å². The van der Waals surface area contributed by atoms with Crippen LogP contribution in [0.25, 0.3) is 11.1 Å². The molecule has 3 aromatic rings. The minimum Gasteiger partial charge on any atom is -0.368 e. The van der Waals surface area contributed by atoms with Gasteiger partial charge in [-0.15, -0.1) is 0 Å². The second kappa shape index (κ2) is 8.32. The number of pyridine rings is 1. The van der Waals surface area contributed by atoms with Crippen LogP contribution >= 0.6 is 23.2 Å². The molecule has 0 spiro atoms. The van der Waals surface area contributed by atoms with Gasteiger partial charge in [0.1, 0.15) is 11.5 Å². The number of benzene rings is 1. The van der Waals surface area contributed by atoms with Gasteiger partial charge >= 0.3 is 0 Å². The van der Waals surface area contributed by atoms with Crippen LogP contribution in [0.15, 0.2) is 48.8 Å². The molecule has 3 heterocycles. The highest BCUT2D eigenvalue weighted by Gasteiger charge is 2.31. The SMILES string of the molecule is CC(C)Nc1cc(-c2cc3n(c2)C[C@H](C)N(Cc2cccc(Cl)c2)C3=O)c(Cl)cn1. The largest absolute Gasteiger partial charge is 0.368 e. The van der Waals surface area contributed by atoms with Gasteiger partial charge in [0, 0.05) is 53.7 Å². The summed E-state index contributed by atoms with van der Waals surface area (Å²) in [7, 11) is 0. The fourth-order valence-corrected chi connectivity index (χ4v) is 4.24. The van der Waals surface area contributed by atoms with Gasteiger partial charge < -0.3 is 14.8 Å². The van der Waals surface area contributed by atoms with Crippen molar-refractivity contribution in [1.82, 2.24) is 14.5 Å². The van der Waals surface area contributed by atoms with Crippen molar-refractivity contribution < 1.29 is 4.79 Å². The van der Waals surface area contributed by atoms with E-state index in [0.29, 0.717) is 22.3 Å². The number of hydrogen-bond donors (Lipinski definition) is 1. The molecule has 1 amide bonds. The molecular formula is C23H24Cl2N4O. The van der Waals surface area contributed by atoms with Gasteiger partial charge in [0.25, 0.3) is 5.91 Å². The summed E-state index contributed by atoms with van der Waals surface area (Å²) in [5.41, 5.74) is 3.45. The van der Waals surface area contributed by atoms with E-state index in [4.69, 9.17) is 23.2 Å². The van der Waals surface area contributed by atoms with Gasteiger partial charge in [0.2, 0.25) is 0 Å². The second-order valence-corrected chi connectivity index (χ2v) is 8.87. The molecule has 1 aliphatic heterocycles. The van der Waals surface area contributed by atoms with Crippen LogP contribution in [0.2, 0.25) is 10.0 Å². The molecule has 0 unspecified atom stereocenters. The number of rotatable bonds is 5. The summed E-state index contributed by atoms with van der Waals surface area (Å²) < 4.78 is 2.02. The molecule has 30 heavy (non-hydrogen) atoms. The third kappa shape index (κ3) is 4.18. The van der Waals surface area contributed by atoms with Crippen LogP contribution in [0.1, 0.15) is 36.8 Å². The molecule has 1 aliphatic rings. The first-order chi connectivity index (χ1) is 14.3. The van der Waals surface area contributed by atoms with E-state index in [0.717, 1.165) is 29.1 Å². The molecule has 0 fully saturated rings. The maximum Gasteiger partial charge on any atom is 0.271 e. The Bertz CT molecular complexity index is 1090. The second-order valence-electron chi connectivity index (χ2n) is 8.03. The van der Waals surface area contributed by atoms with Gasteiger partial charge in [-0.2, -0.15) is 0 Å². The third-order valence-corrected chi connectivity index (χ3v) is 5.75. The number of nitrogens with one attached hydrogen (secondary N) is 1. The fourth-order valence-electron chi connectivity index (χ4n) is 3.81. The van der Waals surface area contributed by atoms with E-state index >= 15 is 0 Å². The highest BCUT2D eigenvalue weighted by molar-refractivity contribution is 6.33. The van der Waals surface area contributed by atoms with Crippen molar-refractivity contribution in [2.75, 3.05) is 5.32 Å². The summed E-state index contributed by atoms with van der Waals surface area (Å²) in [6.45, 7) is 7.43. The van der Waals surface area contributed by atoms with Crippen LogP contribution in [-0.2, 0) is 13.1 Å². The molecule has 0 bridgehead atoms. The predicted octanol–water partition coefficient (Wildman–Crippen LogP) is 5.72. The molecule has 156 valence electrons. The van der Waals surface area contributed by atoms with Gasteiger partial charge in [0.15, 0.2) is 0 Å². The molecule has 1 N–H and O–H groups in total. The number of carbonyl (C=O) groups excluding carboxylic acids is 1. The molecule has 7 heteroatoms. The Morgan fingerprint density at radius 1 is 1.23 bits per heavy atom. The summed E-state index contributed by atoms with van der Waals surface area (Å²) in [6, 6.07) is 11.8. The molecular weight excluding hydrogens is 419 g/mol. The summed E-state index contributed by atoms with van der Waals surface area (Å²) in [5.74, 6) is 0.765. The summed E-state index contributed by atoms with van der Waals surface area (Å²) in [6.07, 6.45) is 3.65. The molecule has 1 atom stereocenters. The lowest BCUT2D eigenvalue weighted by molar-refractivity contribution is 0.0596. The van der Waals surface area contributed by atoms with Crippen molar-refractivity contribution in [3.05, 3.63) is 70.1 Å². The molecule has 0 radical (unpaired) electrons. The van der Waals surface area contributed by atoms with Crippen molar-refractivity contribution in [1.29, 1.82) is 0 Å². The van der Waals surface area contributed by atoms with E-state index in [1.54, 1.807) is 6.20 Å². The Morgan fingerprint density at radius 2 is 2.03 bits per heavy atom. The number of nitrogens with zero attached hydrogens (tertiary/aromatic N) is 3. The fraction of sp³-hybridized carbons (Fsp3) is 0.304. The Labute approximate surface area is 186 Å². The summed E-state index contributed by atoms with van der Waals surface area (Å²) in [4.78, 5) is 19.5. The summed E-state index contributed by atoms with van der Waals surface area (Å²) in [5, 5.41) is 4.53. The molecule has 0 aliphatic carbocycles. The van der Waals surface area contributed by atoms with Gasteiger partial charge in [-0.25, -0.2) is 4.98 Å². The Kier molecular flexibility index (Phi) is 5.76. The van der Waals surface area contributed by atoms with Crippen molar-refractivity contribution in [3.8, 4) is 11.1 Å². The smallest absolute Gasteiger partial charge is 0.271 e. The third-order valence-electron chi connectivity index (χ3n) is 5.21. The lowest BCUT2D eigenvalue weighted by atomic mass is 10.1. The van der Waals surface area contributed by atoms with E-state index in [-0.39, 0.29) is 18.0 Å². The number of aromatic nitrogens is 2. The van der Waals surface area contributed by atoms with Crippen LogP contribution in [0.5, 0.6) is 0 Å². The van der Waals surface area contributed by atoms with Gasteiger partial charge in [-0.05, 0) is 50.6 Å². The van der Waals surface area contributed by atoms with E-state index in [9.17, 15) is 4.79 Å². The minimum absolute atomic E-state index is 0.00526. The van der Waals surface area contributed by atoms with Crippen LogP contribution in [0.4, 0.5) is 5.82 Å². The van der Waals surface area contributed by atoms with E-state index < -0.39 is 0 Å². The first-order valence-electron chi connectivity index (χ1n) is 10.00. The number of anilines is 1. The quantitative estimate of drug-likeness (QED) is 0.549. The standard InChI is InChI=1S/C23H24Cl2N4O/c1-14(2)27-22-9-19(20(25)10-26-22)17-8-21-23(30)29(15(3)11-28(21)13-17)12-16-5-4-6-18(24)7-16/h4-10,13-15H,11-12H2,1-3H3,(H,26,27)/t15-/m0/s1. The minimum atomic E-state index is 0.00526. The molecule has 2 aromatic heterocycles. The van der Waals surface area contributed by atoms with Gasteiger partial charge in [0.05, 0.1) is 5.02 Å².